The van der Waals surface area contributed by atoms with Crippen molar-refractivity contribution in [1.82, 2.24) is 30.2 Å². The number of amides is 1. The fourth-order valence-corrected chi connectivity index (χ4v) is 2.85. The summed E-state index contributed by atoms with van der Waals surface area (Å²) in [5.41, 5.74) is 2.32. The van der Waals surface area contributed by atoms with Crippen LogP contribution in [0.5, 0.6) is 0 Å². The van der Waals surface area contributed by atoms with Gasteiger partial charge in [-0.3, -0.25) is 14.7 Å². The summed E-state index contributed by atoms with van der Waals surface area (Å²) in [6, 6.07) is 0. The van der Waals surface area contributed by atoms with Crippen molar-refractivity contribution >= 4 is 5.91 Å². The van der Waals surface area contributed by atoms with E-state index >= 15 is 0 Å². The number of carbonyl (C=O) groups excluding carboxylic acids is 1. The van der Waals surface area contributed by atoms with Crippen LogP contribution in [-0.4, -0.2) is 50.4 Å². The quantitative estimate of drug-likeness (QED) is 0.862. The van der Waals surface area contributed by atoms with Crippen LogP contribution in [0.2, 0.25) is 0 Å². The van der Waals surface area contributed by atoms with Crippen LogP contribution < -0.4 is 5.32 Å². The number of aryl methyl sites for hydroxylation is 2. The van der Waals surface area contributed by atoms with Gasteiger partial charge in [-0.05, 0) is 32.7 Å². The first-order valence-electron chi connectivity index (χ1n) is 7.90. The number of carbonyl (C=O) groups is 1. The topological polar surface area (TPSA) is 86.8 Å². The fraction of sp³-hybridized carbons (Fsp3) is 0.500. The first-order valence-corrected chi connectivity index (χ1v) is 7.90. The lowest BCUT2D eigenvalue weighted by molar-refractivity contribution is 0.0942. The summed E-state index contributed by atoms with van der Waals surface area (Å²) in [5.74, 6) is 1.27. The van der Waals surface area contributed by atoms with E-state index in [1.165, 1.54) is 6.20 Å². The number of nitrogens with zero attached hydrogens (tertiary/aromatic N) is 4. The third-order valence-electron chi connectivity index (χ3n) is 4.08. The predicted molar refractivity (Wildman–Crippen MR) is 85.8 cm³/mol. The largest absolute Gasteiger partial charge is 0.350 e. The summed E-state index contributed by atoms with van der Waals surface area (Å²) < 4.78 is 0. The molecule has 23 heavy (non-hydrogen) atoms. The van der Waals surface area contributed by atoms with Crippen molar-refractivity contribution in [3.05, 3.63) is 41.5 Å². The minimum absolute atomic E-state index is 0.153. The zero-order valence-electron chi connectivity index (χ0n) is 13.5. The van der Waals surface area contributed by atoms with Gasteiger partial charge in [-0.15, -0.1) is 0 Å². The summed E-state index contributed by atoms with van der Waals surface area (Å²) >= 11 is 0. The zero-order valence-corrected chi connectivity index (χ0v) is 13.5. The van der Waals surface area contributed by atoms with Crippen LogP contribution >= 0.6 is 0 Å². The second kappa shape index (κ2) is 6.87. The van der Waals surface area contributed by atoms with Gasteiger partial charge < -0.3 is 10.3 Å². The third kappa shape index (κ3) is 4.13. The molecular formula is C16H22N6O. The molecule has 0 aromatic carbocycles. The molecule has 0 bridgehead atoms. The lowest BCUT2D eigenvalue weighted by Gasteiger charge is -2.15. The average molecular weight is 314 g/mol. The van der Waals surface area contributed by atoms with Crippen molar-refractivity contribution in [2.75, 3.05) is 19.6 Å². The van der Waals surface area contributed by atoms with Crippen LogP contribution in [0.4, 0.5) is 0 Å². The molecule has 0 spiro atoms. The van der Waals surface area contributed by atoms with Gasteiger partial charge in [0.05, 0.1) is 11.9 Å². The number of hydrogen-bond acceptors (Lipinski definition) is 5. The molecule has 122 valence electrons. The molecule has 3 rings (SSSR count). The highest BCUT2D eigenvalue weighted by Gasteiger charge is 2.23. The second-order valence-electron chi connectivity index (χ2n) is 6.14. The Labute approximate surface area is 135 Å². The Bertz CT molecular complexity index is 665. The number of H-pyrrole nitrogens is 1. The van der Waals surface area contributed by atoms with E-state index in [1.54, 1.807) is 6.20 Å². The molecule has 7 heteroatoms. The zero-order chi connectivity index (χ0) is 16.2. The molecule has 2 aromatic heterocycles. The molecule has 1 fully saturated rings. The number of likely N-dealkylation sites (tertiary alicyclic amines) is 1. The molecule has 7 nitrogen and oxygen atoms in total. The molecule has 0 aliphatic carbocycles. The van der Waals surface area contributed by atoms with Gasteiger partial charge in [-0.1, -0.05) is 0 Å². The van der Waals surface area contributed by atoms with E-state index in [-0.39, 0.29) is 5.91 Å². The Morgan fingerprint density at radius 3 is 2.87 bits per heavy atom. The van der Waals surface area contributed by atoms with E-state index in [9.17, 15) is 4.79 Å². The summed E-state index contributed by atoms with van der Waals surface area (Å²) in [5, 5.41) is 2.96. The Hall–Kier alpha value is -2.28. The van der Waals surface area contributed by atoms with Crippen molar-refractivity contribution in [3.63, 3.8) is 0 Å². The van der Waals surface area contributed by atoms with E-state index in [2.05, 4.69) is 30.2 Å². The van der Waals surface area contributed by atoms with Gasteiger partial charge in [-0.2, -0.15) is 0 Å². The summed E-state index contributed by atoms with van der Waals surface area (Å²) in [4.78, 5) is 30.1. The molecule has 1 saturated heterocycles. The molecule has 1 amide bonds. The Morgan fingerprint density at radius 1 is 1.30 bits per heavy atom. The van der Waals surface area contributed by atoms with Gasteiger partial charge in [0, 0.05) is 37.7 Å². The number of nitrogens with one attached hydrogen (secondary N) is 2. The third-order valence-corrected chi connectivity index (χ3v) is 4.08. The van der Waals surface area contributed by atoms with Gasteiger partial charge in [-0.25, -0.2) is 9.97 Å². The number of rotatable bonds is 5. The first-order chi connectivity index (χ1) is 11.1. The minimum atomic E-state index is -0.153. The van der Waals surface area contributed by atoms with Crippen LogP contribution in [-0.2, 0) is 6.54 Å². The molecule has 2 N–H and O–H groups in total. The van der Waals surface area contributed by atoms with Gasteiger partial charge in [0.1, 0.15) is 11.5 Å². The molecular weight excluding hydrogens is 292 g/mol. The normalized spacial score (nSPS) is 18.3. The van der Waals surface area contributed by atoms with Crippen LogP contribution in [0, 0.1) is 19.8 Å². The van der Waals surface area contributed by atoms with E-state index < -0.39 is 0 Å². The SMILES string of the molecule is Cc1cnc(C(=O)NCC2CCN(Cc3cnc(C)[nH]3)C2)cn1. The lowest BCUT2D eigenvalue weighted by Crippen LogP contribution is -2.31. The Morgan fingerprint density at radius 2 is 2.17 bits per heavy atom. The fourth-order valence-electron chi connectivity index (χ4n) is 2.85. The van der Waals surface area contributed by atoms with E-state index in [1.807, 2.05) is 20.0 Å². The standard InChI is InChI=1S/C16H22N6O/c1-11-5-19-15(8-17-11)16(23)20-6-13-3-4-22(9-13)10-14-7-18-12(2)21-14/h5,7-8,13H,3-4,6,9-10H2,1-2H3,(H,18,21)(H,20,23). The van der Waals surface area contributed by atoms with E-state index in [4.69, 9.17) is 0 Å². The molecule has 0 radical (unpaired) electrons. The highest BCUT2D eigenvalue weighted by Crippen LogP contribution is 2.17. The highest BCUT2D eigenvalue weighted by atomic mass is 16.1. The number of aromatic amines is 1. The summed E-state index contributed by atoms with van der Waals surface area (Å²) in [7, 11) is 0. The minimum Gasteiger partial charge on any atom is -0.350 e. The van der Waals surface area contributed by atoms with Crippen LogP contribution in [0.3, 0.4) is 0 Å². The Balaban J connectivity index is 1.44. The summed E-state index contributed by atoms with van der Waals surface area (Å²) in [6.07, 6.45) is 6.11. The number of imidazole rings is 1. The van der Waals surface area contributed by atoms with Crippen molar-refractivity contribution < 1.29 is 4.79 Å². The first kappa shape index (κ1) is 15.6. The van der Waals surface area contributed by atoms with Gasteiger partial charge in [0.25, 0.3) is 5.91 Å². The molecule has 1 atom stereocenters. The molecule has 3 heterocycles. The van der Waals surface area contributed by atoms with Crippen molar-refractivity contribution in [3.8, 4) is 0 Å². The van der Waals surface area contributed by atoms with Crippen LogP contribution in [0.25, 0.3) is 0 Å². The molecule has 1 aliphatic heterocycles. The van der Waals surface area contributed by atoms with Crippen molar-refractivity contribution in [2.45, 2.75) is 26.8 Å². The van der Waals surface area contributed by atoms with Crippen molar-refractivity contribution in [1.29, 1.82) is 0 Å². The number of hydrogen-bond donors (Lipinski definition) is 2. The average Bonchev–Trinajstić information content (AvgIpc) is 3.15. The smallest absolute Gasteiger partial charge is 0.271 e. The van der Waals surface area contributed by atoms with Gasteiger partial charge in [0.15, 0.2) is 0 Å². The molecule has 2 aromatic rings. The lowest BCUT2D eigenvalue weighted by atomic mass is 10.1. The highest BCUT2D eigenvalue weighted by molar-refractivity contribution is 5.91. The maximum atomic E-state index is 12.0. The van der Waals surface area contributed by atoms with Gasteiger partial charge in [0.2, 0.25) is 0 Å². The van der Waals surface area contributed by atoms with Crippen molar-refractivity contribution in [2.24, 2.45) is 5.92 Å². The second-order valence-corrected chi connectivity index (χ2v) is 6.14. The van der Waals surface area contributed by atoms with Crippen LogP contribution in [0.15, 0.2) is 18.6 Å². The molecule has 1 unspecified atom stereocenters. The summed E-state index contributed by atoms with van der Waals surface area (Å²) in [6.45, 7) is 7.39. The molecule has 1 aliphatic rings. The Kier molecular flexibility index (Phi) is 4.66. The van der Waals surface area contributed by atoms with E-state index in [0.717, 1.165) is 43.3 Å². The molecule has 0 saturated carbocycles. The number of aromatic nitrogens is 4. The van der Waals surface area contributed by atoms with Crippen LogP contribution in [0.1, 0.15) is 34.1 Å². The maximum absolute atomic E-state index is 12.0. The maximum Gasteiger partial charge on any atom is 0.271 e. The van der Waals surface area contributed by atoms with E-state index in [0.29, 0.717) is 18.2 Å². The van der Waals surface area contributed by atoms with Gasteiger partial charge >= 0.3 is 0 Å². The predicted octanol–water partition coefficient (Wildman–Crippen LogP) is 1.07. The monoisotopic (exact) mass is 314 g/mol.